The van der Waals surface area contributed by atoms with Crippen molar-refractivity contribution >= 4 is 11.9 Å². The number of aliphatic carboxylic acids is 2. The van der Waals surface area contributed by atoms with Crippen molar-refractivity contribution in [1.82, 2.24) is 0 Å². The van der Waals surface area contributed by atoms with Gasteiger partial charge in [-0.25, -0.2) is 4.79 Å². The summed E-state index contributed by atoms with van der Waals surface area (Å²) < 4.78 is 0. The monoisotopic (exact) mass is 211 g/mol. The highest BCUT2D eigenvalue weighted by Crippen LogP contribution is 1.97. The molecule has 0 saturated heterocycles. The molecule has 0 bridgehead atoms. The molecule has 0 saturated carbocycles. The Labute approximate surface area is 88.0 Å². The van der Waals surface area contributed by atoms with Gasteiger partial charge >= 0.3 is 5.97 Å². The van der Waals surface area contributed by atoms with Gasteiger partial charge in [-0.1, -0.05) is 5.92 Å². The first-order valence-corrected chi connectivity index (χ1v) is 4.38. The predicted molar refractivity (Wildman–Crippen MR) is 50.8 cm³/mol. The third-order valence-electron chi connectivity index (χ3n) is 1.88. The molecule has 1 heterocycles. The van der Waals surface area contributed by atoms with Gasteiger partial charge < -0.3 is 19.9 Å². The Hall–Kier alpha value is -1.80. The fourth-order valence-electron chi connectivity index (χ4n) is 0.981. The number of nitrogens with one attached hydrogen (secondary N) is 1. The molecule has 1 atom stereocenters. The van der Waals surface area contributed by atoms with Crippen LogP contribution in [0.25, 0.3) is 0 Å². The Morgan fingerprint density at radius 1 is 1.67 bits per heavy atom. The molecule has 0 aliphatic carbocycles. The van der Waals surface area contributed by atoms with Gasteiger partial charge in [-0.05, 0) is 6.08 Å². The molecule has 1 aliphatic rings. The lowest BCUT2D eigenvalue weighted by molar-refractivity contribution is -0.874. The summed E-state index contributed by atoms with van der Waals surface area (Å²) in [6.45, 7) is 2.29. The van der Waals surface area contributed by atoms with Crippen molar-refractivity contribution in [2.75, 3.05) is 20.1 Å². The average molecular weight is 211 g/mol. The van der Waals surface area contributed by atoms with Crippen molar-refractivity contribution in [1.29, 1.82) is 0 Å². The Morgan fingerprint density at radius 2 is 2.20 bits per heavy atom. The highest BCUT2D eigenvalue weighted by Gasteiger charge is 2.07. The van der Waals surface area contributed by atoms with Crippen LogP contribution in [0.15, 0.2) is 11.6 Å². The van der Waals surface area contributed by atoms with Gasteiger partial charge in [0.15, 0.2) is 5.97 Å². The molecule has 15 heavy (non-hydrogen) atoms. The minimum Gasteiger partial charge on any atom is -0.539 e. The largest absolute Gasteiger partial charge is 0.539 e. The summed E-state index contributed by atoms with van der Waals surface area (Å²) in [5.74, 6) is -1.34. The maximum Gasteiger partial charge on any atom is 0.351 e. The zero-order valence-electron chi connectivity index (χ0n) is 8.45. The van der Waals surface area contributed by atoms with E-state index in [4.69, 9.17) is 26.2 Å². The van der Waals surface area contributed by atoms with Gasteiger partial charge in [-0.3, -0.25) is 0 Å². The van der Waals surface area contributed by atoms with E-state index < -0.39 is 11.9 Å². The lowest BCUT2D eigenvalue weighted by Crippen LogP contribution is -3.09. The smallest absolute Gasteiger partial charge is 0.351 e. The standard InChI is InChI=1S/C8H11N.C2H2O4/c1-3-8-4-6-9(2)7-5-8;3-1(4)2(5)6/h1,4H,5-7H2,2H3;(H,3,4)(H,5,6). The van der Waals surface area contributed by atoms with Gasteiger partial charge in [0.25, 0.3) is 0 Å². The first-order valence-electron chi connectivity index (χ1n) is 4.38. The molecule has 0 spiro atoms. The Kier molecular flexibility index (Phi) is 5.83. The molecule has 1 aliphatic heterocycles. The van der Waals surface area contributed by atoms with Crippen LogP contribution in [0.2, 0.25) is 0 Å². The summed E-state index contributed by atoms with van der Waals surface area (Å²) in [5, 5.41) is 16.3. The van der Waals surface area contributed by atoms with Crippen LogP contribution >= 0.6 is 0 Å². The fourth-order valence-corrected chi connectivity index (χ4v) is 0.981. The Balaban J connectivity index is 0.000000288. The molecule has 0 fully saturated rings. The minimum absolute atomic E-state index is 1.09. The number of quaternary nitrogens is 1. The second-order valence-electron chi connectivity index (χ2n) is 3.13. The summed E-state index contributed by atoms with van der Waals surface area (Å²) in [4.78, 5) is 19.6. The van der Waals surface area contributed by atoms with Crippen molar-refractivity contribution in [2.45, 2.75) is 6.42 Å². The number of carboxylic acid groups (broad SMARTS) is 2. The predicted octanol–water partition coefficient (Wildman–Crippen LogP) is -2.71. The second kappa shape index (κ2) is 6.62. The van der Waals surface area contributed by atoms with Crippen LogP contribution in [0.3, 0.4) is 0 Å². The Bertz CT molecular complexity index is 302. The van der Waals surface area contributed by atoms with Crippen LogP contribution in [-0.4, -0.2) is 37.2 Å². The van der Waals surface area contributed by atoms with E-state index in [1.807, 2.05) is 0 Å². The highest BCUT2D eigenvalue weighted by molar-refractivity contribution is 6.26. The molecule has 0 aromatic heterocycles. The molecule has 5 nitrogen and oxygen atoms in total. The van der Waals surface area contributed by atoms with Crippen molar-refractivity contribution in [3.8, 4) is 12.3 Å². The molecule has 0 aromatic rings. The van der Waals surface area contributed by atoms with Crippen LogP contribution in [0, 0.1) is 12.3 Å². The molecule has 1 unspecified atom stereocenters. The molecule has 5 heteroatoms. The van der Waals surface area contributed by atoms with E-state index in [0.29, 0.717) is 0 Å². The van der Waals surface area contributed by atoms with Crippen LogP contribution in [0.1, 0.15) is 6.42 Å². The molecule has 2 N–H and O–H groups in total. The van der Waals surface area contributed by atoms with E-state index >= 15 is 0 Å². The van der Waals surface area contributed by atoms with Crippen LogP contribution in [0.4, 0.5) is 0 Å². The number of hydrogen-bond acceptors (Lipinski definition) is 3. The molecule has 82 valence electrons. The van der Waals surface area contributed by atoms with Crippen LogP contribution in [0.5, 0.6) is 0 Å². The summed E-state index contributed by atoms with van der Waals surface area (Å²) >= 11 is 0. The van der Waals surface area contributed by atoms with E-state index in [0.717, 1.165) is 13.0 Å². The van der Waals surface area contributed by atoms with Crippen molar-refractivity contribution < 1.29 is 24.7 Å². The number of hydrogen-bond donors (Lipinski definition) is 2. The second-order valence-corrected chi connectivity index (χ2v) is 3.13. The first kappa shape index (κ1) is 13.2. The molecule has 0 aromatic carbocycles. The van der Waals surface area contributed by atoms with Crippen molar-refractivity contribution in [3.05, 3.63) is 11.6 Å². The maximum atomic E-state index is 9.04. The quantitative estimate of drug-likeness (QED) is 0.337. The summed E-state index contributed by atoms with van der Waals surface area (Å²) in [6.07, 6.45) is 8.46. The van der Waals surface area contributed by atoms with Gasteiger partial charge in [0.2, 0.25) is 0 Å². The van der Waals surface area contributed by atoms with Crippen molar-refractivity contribution in [3.63, 3.8) is 0 Å². The lowest BCUT2D eigenvalue weighted by atomic mass is 10.1. The lowest BCUT2D eigenvalue weighted by Gasteiger charge is -2.16. The Morgan fingerprint density at radius 3 is 2.47 bits per heavy atom. The molecule has 1 rings (SSSR count). The molecular weight excluding hydrogens is 198 g/mol. The maximum absolute atomic E-state index is 9.04. The van der Waals surface area contributed by atoms with Crippen molar-refractivity contribution in [2.24, 2.45) is 0 Å². The number of carboxylic acids is 2. The van der Waals surface area contributed by atoms with E-state index in [1.54, 1.807) is 4.90 Å². The number of carbonyl (C=O) groups excluding carboxylic acids is 1. The number of terminal acetylenes is 1. The SMILES string of the molecule is C#CC1=CC[NH+](C)CC1.O=C([O-])C(=O)O. The minimum atomic E-state index is -2.07. The zero-order valence-corrected chi connectivity index (χ0v) is 8.45. The molecule has 0 radical (unpaired) electrons. The molecular formula is C10H13NO4. The van der Waals surface area contributed by atoms with Gasteiger partial charge in [-0.15, -0.1) is 6.42 Å². The summed E-state index contributed by atoms with van der Waals surface area (Å²) in [7, 11) is 2.18. The number of likely N-dealkylation sites (N-methyl/N-ethyl adjacent to an activating group) is 1. The third-order valence-corrected chi connectivity index (χ3v) is 1.88. The van der Waals surface area contributed by atoms with E-state index in [2.05, 4.69) is 19.0 Å². The normalized spacial score (nSPS) is 18.9. The number of carbonyl (C=O) groups is 2. The average Bonchev–Trinajstić information content (AvgIpc) is 2.20. The highest BCUT2D eigenvalue weighted by atomic mass is 16.4. The first-order chi connectivity index (χ1) is 6.97. The van der Waals surface area contributed by atoms with Gasteiger partial charge in [0.1, 0.15) is 0 Å². The summed E-state index contributed by atoms with van der Waals surface area (Å²) in [6, 6.07) is 0. The molecule has 0 amide bonds. The van der Waals surface area contributed by atoms with Gasteiger partial charge in [0, 0.05) is 12.0 Å². The van der Waals surface area contributed by atoms with E-state index in [-0.39, 0.29) is 0 Å². The number of rotatable bonds is 0. The third kappa shape index (κ3) is 6.29. The van der Waals surface area contributed by atoms with Gasteiger partial charge in [0.05, 0.1) is 20.1 Å². The zero-order chi connectivity index (χ0) is 11.8. The van der Waals surface area contributed by atoms with Gasteiger partial charge in [-0.2, -0.15) is 0 Å². The van der Waals surface area contributed by atoms with Crippen LogP contribution in [-0.2, 0) is 9.59 Å². The summed E-state index contributed by atoms with van der Waals surface area (Å²) in [5.41, 5.74) is 1.18. The topological polar surface area (TPSA) is 81.9 Å². The van der Waals surface area contributed by atoms with Crippen LogP contribution < -0.4 is 10.0 Å². The fraction of sp³-hybridized carbons (Fsp3) is 0.400. The van der Waals surface area contributed by atoms with E-state index in [9.17, 15) is 0 Å². The van der Waals surface area contributed by atoms with E-state index in [1.165, 1.54) is 12.1 Å².